The number of methoxy groups -OCH3 is 1. The van der Waals surface area contributed by atoms with Gasteiger partial charge in [-0.15, -0.1) is 11.3 Å². The van der Waals surface area contributed by atoms with Crippen LogP contribution in [0.25, 0.3) is 10.2 Å². The molecule has 26 heavy (non-hydrogen) atoms. The van der Waals surface area contributed by atoms with E-state index in [0.29, 0.717) is 17.4 Å². The molecule has 5 nitrogen and oxygen atoms in total. The summed E-state index contributed by atoms with van der Waals surface area (Å²) in [6.07, 6.45) is 3.58. The number of fused-ring (bicyclic) bond motifs is 1. The van der Waals surface area contributed by atoms with Gasteiger partial charge in [0.15, 0.2) is 10.8 Å². The van der Waals surface area contributed by atoms with Crippen LogP contribution in [0.4, 0.5) is 0 Å². The van der Waals surface area contributed by atoms with Gasteiger partial charge in [0.25, 0.3) is 0 Å². The minimum absolute atomic E-state index is 0.339. The SMILES string of the molecule is COC(=O)c1cc(C[NH+]2CCCC[C@H]2c2nc3ccccc3s2)oc1C. The van der Waals surface area contributed by atoms with E-state index >= 15 is 0 Å². The number of nitrogens with zero attached hydrogens (tertiary/aromatic N) is 1. The van der Waals surface area contributed by atoms with Crippen LogP contribution in [0.5, 0.6) is 0 Å². The standard InChI is InChI=1S/C20H22N2O3S/c1-13-15(20(23)24-2)11-14(25-13)12-22-10-6-5-8-17(22)19-21-16-7-3-4-9-18(16)26-19/h3-4,7,9,11,17H,5-6,8,10,12H2,1-2H3/p+1/t17-/m0/s1. The third-order valence-corrected chi connectivity index (χ3v) is 6.27. The molecule has 4 rings (SSSR count). The summed E-state index contributed by atoms with van der Waals surface area (Å²) in [5, 5.41) is 1.21. The van der Waals surface area contributed by atoms with Gasteiger partial charge in [-0.1, -0.05) is 12.1 Å². The molecule has 1 aliphatic rings. The van der Waals surface area contributed by atoms with Crippen LogP contribution < -0.4 is 4.90 Å². The molecule has 0 spiro atoms. The molecule has 0 radical (unpaired) electrons. The molecular formula is C20H23N2O3S+. The van der Waals surface area contributed by atoms with E-state index in [0.717, 1.165) is 30.8 Å². The zero-order chi connectivity index (χ0) is 18.1. The van der Waals surface area contributed by atoms with Gasteiger partial charge in [-0.05, 0) is 31.9 Å². The first kappa shape index (κ1) is 17.2. The van der Waals surface area contributed by atoms with Crippen molar-refractivity contribution < 1.29 is 18.8 Å². The van der Waals surface area contributed by atoms with Gasteiger partial charge < -0.3 is 14.1 Å². The smallest absolute Gasteiger partial charge is 0.341 e. The number of esters is 1. The summed E-state index contributed by atoms with van der Waals surface area (Å²) in [6, 6.07) is 10.5. The van der Waals surface area contributed by atoms with Crippen LogP contribution >= 0.6 is 11.3 Å². The Kier molecular flexibility index (Phi) is 4.78. The molecule has 0 saturated carbocycles. The summed E-state index contributed by atoms with van der Waals surface area (Å²) >= 11 is 1.80. The van der Waals surface area contributed by atoms with Crippen molar-refractivity contribution in [2.75, 3.05) is 13.7 Å². The average Bonchev–Trinajstić information content (AvgIpc) is 3.24. The first-order valence-electron chi connectivity index (χ1n) is 9.03. The van der Waals surface area contributed by atoms with E-state index in [1.165, 1.54) is 34.6 Å². The maximum absolute atomic E-state index is 11.8. The lowest BCUT2D eigenvalue weighted by molar-refractivity contribution is -0.951. The van der Waals surface area contributed by atoms with E-state index in [1.807, 2.05) is 19.1 Å². The van der Waals surface area contributed by atoms with Gasteiger partial charge in [-0.2, -0.15) is 0 Å². The number of ether oxygens (including phenoxy) is 1. The maximum Gasteiger partial charge on any atom is 0.341 e. The van der Waals surface area contributed by atoms with Crippen LogP contribution in [0.2, 0.25) is 0 Å². The molecular weight excluding hydrogens is 348 g/mol. The molecule has 136 valence electrons. The van der Waals surface area contributed by atoms with E-state index in [9.17, 15) is 4.79 Å². The Morgan fingerprint density at radius 3 is 3.04 bits per heavy atom. The molecule has 1 unspecified atom stereocenters. The lowest BCUT2D eigenvalue weighted by Gasteiger charge is -2.30. The number of para-hydroxylation sites is 1. The number of carbonyl (C=O) groups is 1. The first-order valence-corrected chi connectivity index (χ1v) is 9.85. The highest BCUT2D eigenvalue weighted by atomic mass is 32.1. The number of furan rings is 1. The van der Waals surface area contributed by atoms with Gasteiger partial charge in [-0.25, -0.2) is 9.78 Å². The predicted molar refractivity (Wildman–Crippen MR) is 101 cm³/mol. The van der Waals surface area contributed by atoms with E-state index in [-0.39, 0.29) is 5.97 Å². The van der Waals surface area contributed by atoms with Crippen molar-refractivity contribution >= 4 is 27.5 Å². The van der Waals surface area contributed by atoms with E-state index in [2.05, 4.69) is 18.2 Å². The molecule has 6 heteroatoms. The Balaban J connectivity index is 1.59. The Morgan fingerprint density at radius 1 is 1.38 bits per heavy atom. The number of hydrogen-bond acceptors (Lipinski definition) is 5. The summed E-state index contributed by atoms with van der Waals surface area (Å²) in [6.45, 7) is 3.67. The molecule has 1 N–H and O–H groups in total. The summed E-state index contributed by atoms with van der Waals surface area (Å²) < 4.78 is 11.9. The maximum atomic E-state index is 11.8. The minimum atomic E-state index is -0.339. The fourth-order valence-corrected chi connectivity index (χ4v) is 4.96. The number of thiazole rings is 1. The Morgan fingerprint density at radius 2 is 2.23 bits per heavy atom. The molecule has 2 aromatic heterocycles. The van der Waals surface area contributed by atoms with Crippen molar-refractivity contribution in [2.24, 2.45) is 0 Å². The molecule has 0 aliphatic carbocycles. The molecule has 1 fully saturated rings. The number of aromatic nitrogens is 1. The van der Waals surface area contributed by atoms with E-state index < -0.39 is 0 Å². The van der Waals surface area contributed by atoms with Crippen LogP contribution in [0.15, 0.2) is 34.7 Å². The molecule has 0 amide bonds. The van der Waals surface area contributed by atoms with Crippen molar-refractivity contribution in [1.29, 1.82) is 0 Å². The lowest BCUT2D eigenvalue weighted by atomic mass is 10.0. The zero-order valence-electron chi connectivity index (χ0n) is 15.1. The quantitative estimate of drug-likeness (QED) is 0.715. The van der Waals surface area contributed by atoms with E-state index in [1.54, 1.807) is 11.3 Å². The van der Waals surface area contributed by atoms with Crippen LogP contribution in [-0.2, 0) is 11.3 Å². The van der Waals surface area contributed by atoms with Crippen molar-refractivity contribution in [2.45, 2.75) is 38.8 Å². The predicted octanol–water partition coefficient (Wildman–Crippen LogP) is 3.29. The molecule has 1 aromatic carbocycles. The number of hydrogen-bond donors (Lipinski definition) is 1. The number of carbonyl (C=O) groups excluding carboxylic acids is 1. The number of piperidine rings is 1. The van der Waals surface area contributed by atoms with Crippen LogP contribution in [0.3, 0.4) is 0 Å². The third kappa shape index (κ3) is 3.27. The highest BCUT2D eigenvalue weighted by molar-refractivity contribution is 7.18. The number of aryl methyl sites for hydroxylation is 1. The molecule has 1 aliphatic heterocycles. The van der Waals surface area contributed by atoms with Gasteiger partial charge in [0.05, 0.1) is 23.9 Å². The van der Waals surface area contributed by atoms with Crippen molar-refractivity contribution in [1.82, 2.24) is 4.98 Å². The Bertz CT molecular complexity index is 897. The minimum Gasteiger partial charge on any atom is -0.465 e. The van der Waals surface area contributed by atoms with Gasteiger partial charge in [0, 0.05) is 12.5 Å². The molecule has 3 heterocycles. The highest BCUT2D eigenvalue weighted by Gasteiger charge is 2.31. The number of nitrogens with one attached hydrogen (secondary N) is 1. The highest BCUT2D eigenvalue weighted by Crippen LogP contribution is 2.29. The Hall–Kier alpha value is -2.18. The molecule has 3 aromatic rings. The monoisotopic (exact) mass is 371 g/mol. The molecule has 1 saturated heterocycles. The number of quaternary nitrogens is 1. The summed E-state index contributed by atoms with van der Waals surface area (Å²) in [7, 11) is 1.40. The average molecular weight is 371 g/mol. The normalized spacial score (nSPS) is 20.4. The number of rotatable bonds is 4. The topological polar surface area (TPSA) is 56.8 Å². The second-order valence-corrected chi connectivity index (χ2v) is 7.89. The van der Waals surface area contributed by atoms with Crippen LogP contribution in [0, 0.1) is 6.92 Å². The Labute approximate surface area is 156 Å². The zero-order valence-corrected chi connectivity index (χ0v) is 15.9. The van der Waals surface area contributed by atoms with Gasteiger partial charge in [0.1, 0.15) is 23.9 Å². The van der Waals surface area contributed by atoms with Gasteiger partial charge >= 0.3 is 5.97 Å². The van der Waals surface area contributed by atoms with Crippen molar-refractivity contribution in [3.05, 3.63) is 52.4 Å². The molecule has 2 atom stereocenters. The number of benzene rings is 1. The second-order valence-electron chi connectivity index (χ2n) is 6.83. The second kappa shape index (κ2) is 7.21. The lowest BCUT2D eigenvalue weighted by Crippen LogP contribution is -3.11. The summed E-state index contributed by atoms with van der Waals surface area (Å²) in [5.41, 5.74) is 1.61. The van der Waals surface area contributed by atoms with Gasteiger partial charge in [0.2, 0.25) is 0 Å². The third-order valence-electron chi connectivity index (χ3n) is 5.12. The van der Waals surface area contributed by atoms with Crippen LogP contribution in [-0.4, -0.2) is 24.6 Å². The fourth-order valence-electron chi connectivity index (χ4n) is 3.79. The first-order chi connectivity index (χ1) is 12.7. The summed E-state index contributed by atoms with van der Waals surface area (Å²) in [5.74, 6) is 1.12. The van der Waals surface area contributed by atoms with Crippen LogP contribution in [0.1, 0.15) is 52.2 Å². The molecule has 0 bridgehead atoms. The summed E-state index contributed by atoms with van der Waals surface area (Å²) in [4.78, 5) is 18.2. The van der Waals surface area contributed by atoms with Gasteiger partial charge in [-0.3, -0.25) is 0 Å². The van der Waals surface area contributed by atoms with E-state index in [4.69, 9.17) is 14.1 Å². The number of likely N-dealkylation sites (tertiary alicyclic amines) is 1. The largest absolute Gasteiger partial charge is 0.465 e. The fraction of sp³-hybridized carbons (Fsp3) is 0.400. The van der Waals surface area contributed by atoms with Crippen molar-refractivity contribution in [3.63, 3.8) is 0 Å². The van der Waals surface area contributed by atoms with Crippen molar-refractivity contribution in [3.8, 4) is 0 Å².